The summed E-state index contributed by atoms with van der Waals surface area (Å²) in [5.41, 5.74) is 3.75. The molecule has 1 aliphatic rings. The van der Waals surface area contributed by atoms with Gasteiger partial charge in [-0.15, -0.1) is 0 Å². The molecule has 0 saturated carbocycles. The van der Waals surface area contributed by atoms with Crippen molar-refractivity contribution in [3.8, 4) is 0 Å². The fraction of sp³-hybridized carbons (Fsp3) is 0.278. The third-order valence-corrected chi connectivity index (χ3v) is 3.94. The monoisotopic (exact) mass is 280 g/mol. The Kier molecular flexibility index (Phi) is 4.31. The predicted octanol–water partition coefficient (Wildman–Crippen LogP) is 2.58. The molecular weight excluding hydrogens is 260 g/mol. The lowest BCUT2D eigenvalue weighted by Gasteiger charge is -2.26. The van der Waals surface area contributed by atoms with Crippen LogP contribution in [0, 0.1) is 0 Å². The van der Waals surface area contributed by atoms with E-state index in [4.69, 9.17) is 0 Å². The number of nitrogens with one attached hydrogen (secondary N) is 2. The van der Waals surface area contributed by atoms with Crippen LogP contribution in [0.5, 0.6) is 0 Å². The molecule has 3 rings (SSSR count). The van der Waals surface area contributed by atoms with Crippen molar-refractivity contribution in [3.63, 3.8) is 0 Å². The van der Waals surface area contributed by atoms with E-state index in [9.17, 15) is 4.79 Å². The zero-order valence-electron chi connectivity index (χ0n) is 12.0. The third-order valence-electron chi connectivity index (χ3n) is 3.94. The summed E-state index contributed by atoms with van der Waals surface area (Å²) in [6.07, 6.45) is 1.53. The summed E-state index contributed by atoms with van der Waals surface area (Å²) in [4.78, 5) is 12.1. The van der Waals surface area contributed by atoms with Gasteiger partial charge in [-0.25, -0.2) is 0 Å². The maximum atomic E-state index is 12.1. The molecule has 108 valence electrons. The molecule has 0 radical (unpaired) electrons. The molecule has 2 aromatic rings. The van der Waals surface area contributed by atoms with Gasteiger partial charge in [0.2, 0.25) is 5.91 Å². The average Bonchev–Trinajstić information content (AvgIpc) is 2.54. The Morgan fingerprint density at radius 2 is 1.86 bits per heavy atom. The number of hydrogen-bond donors (Lipinski definition) is 2. The molecule has 1 atom stereocenters. The first-order valence-corrected chi connectivity index (χ1v) is 7.45. The molecule has 2 N–H and O–H groups in total. The summed E-state index contributed by atoms with van der Waals surface area (Å²) in [6.45, 7) is 1.53. The van der Waals surface area contributed by atoms with E-state index in [1.165, 1.54) is 11.1 Å². The second-order valence-corrected chi connectivity index (χ2v) is 5.42. The van der Waals surface area contributed by atoms with E-state index in [-0.39, 0.29) is 11.9 Å². The smallest absolute Gasteiger partial charge is 0.222 e. The van der Waals surface area contributed by atoms with Crippen molar-refractivity contribution >= 4 is 5.91 Å². The number of amides is 1. The number of carbonyl (C=O) groups is 1. The van der Waals surface area contributed by atoms with Gasteiger partial charge in [-0.05, 0) is 29.7 Å². The van der Waals surface area contributed by atoms with E-state index in [1.54, 1.807) is 0 Å². The molecule has 0 fully saturated rings. The van der Waals surface area contributed by atoms with Gasteiger partial charge in [-0.2, -0.15) is 0 Å². The Balaban J connectivity index is 1.58. The molecule has 1 aliphatic heterocycles. The Morgan fingerprint density at radius 3 is 2.71 bits per heavy atom. The van der Waals surface area contributed by atoms with E-state index in [0.717, 1.165) is 18.5 Å². The van der Waals surface area contributed by atoms with Crippen LogP contribution in [0.25, 0.3) is 0 Å². The number of benzene rings is 2. The molecule has 0 spiro atoms. The largest absolute Gasteiger partial charge is 0.352 e. The molecule has 1 amide bonds. The number of fused-ring (bicyclic) bond motifs is 1. The van der Waals surface area contributed by atoms with Crippen molar-refractivity contribution in [2.24, 2.45) is 0 Å². The standard InChI is InChI=1S/C18H20N2O/c21-18(20-13-14-6-2-1-3-7-14)12-17-16-9-5-4-8-15(16)10-11-19-17/h1-9,17,19H,10-13H2,(H,20,21). The van der Waals surface area contributed by atoms with E-state index in [1.807, 2.05) is 36.4 Å². The summed E-state index contributed by atoms with van der Waals surface area (Å²) in [5.74, 6) is 0.0908. The topological polar surface area (TPSA) is 41.1 Å². The molecular formula is C18H20N2O. The molecule has 3 nitrogen and oxygen atoms in total. The Bertz CT molecular complexity index is 610. The van der Waals surface area contributed by atoms with Crippen LogP contribution >= 0.6 is 0 Å². The first kappa shape index (κ1) is 13.8. The lowest BCUT2D eigenvalue weighted by atomic mass is 9.92. The molecule has 0 aromatic heterocycles. The van der Waals surface area contributed by atoms with Crippen LogP contribution in [0.4, 0.5) is 0 Å². The van der Waals surface area contributed by atoms with Crippen LogP contribution in [0.3, 0.4) is 0 Å². The fourth-order valence-corrected chi connectivity index (χ4v) is 2.83. The maximum Gasteiger partial charge on any atom is 0.222 e. The van der Waals surface area contributed by atoms with Crippen LogP contribution in [0.1, 0.15) is 29.2 Å². The van der Waals surface area contributed by atoms with Crippen molar-refractivity contribution in [1.29, 1.82) is 0 Å². The highest BCUT2D eigenvalue weighted by atomic mass is 16.1. The molecule has 21 heavy (non-hydrogen) atoms. The maximum absolute atomic E-state index is 12.1. The van der Waals surface area contributed by atoms with Crippen molar-refractivity contribution in [3.05, 3.63) is 71.3 Å². The molecule has 0 aliphatic carbocycles. The lowest BCUT2D eigenvalue weighted by Crippen LogP contribution is -2.34. The minimum atomic E-state index is 0.0908. The first-order chi connectivity index (χ1) is 10.3. The van der Waals surface area contributed by atoms with Crippen LogP contribution in [-0.4, -0.2) is 12.5 Å². The molecule has 1 unspecified atom stereocenters. The normalized spacial score (nSPS) is 17.0. The minimum absolute atomic E-state index is 0.0908. The van der Waals surface area contributed by atoms with E-state index < -0.39 is 0 Å². The van der Waals surface area contributed by atoms with Gasteiger partial charge in [0.15, 0.2) is 0 Å². The van der Waals surface area contributed by atoms with Gasteiger partial charge in [0, 0.05) is 19.0 Å². The SMILES string of the molecule is O=C(CC1NCCc2ccccc21)NCc1ccccc1. The lowest BCUT2D eigenvalue weighted by molar-refractivity contribution is -0.121. The second-order valence-electron chi connectivity index (χ2n) is 5.42. The highest BCUT2D eigenvalue weighted by Crippen LogP contribution is 2.24. The molecule has 1 heterocycles. The van der Waals surface area contributed by atoms with E-state index >= 15 is 0 Å². The predicted molar refractivity (Wildman–Crippen MR) is 83.8 cm³/mol. The number of hydrogen-bond acceptors (Lipinski definition) is 2. The van der Waals surface area contributed by atoms with E-state index in [2.05, 4.69) is 28.8 Å². The average molecular weight is 280 g/mol. The van der Waals surface area contributed by atoms with Crippen molar-refractivity contribution < 1.29 is 4.79 Å². The molecule has 3 heteroatoms. The summed E-state index contributed by atoms with van der Waals surface area (Å²) in [7, 11) is 0. The number of carbonyl (C=O) groups excluding carboxylic acids is 1. The van der Waals surface area contributed by atoms with Crippen molar-refractivity contribution in [2.45, 2.75) is 25.4 Å². The van der Waals surface area contributed by atoms with Gasteiger partial charge in [0.25, 0.3) is 0 Å². The summed E-state index contributed by atoms with van der Waals surface area (Å²) >= 11 is 0. The zero-order valence-corrected chi connectivity index (χ0v) is 12.0. The zero-order chi connectivity index (χ0) is 14.5. The quantitative estimate of drug-likeness (QED) is 0.904. The Hall–Kier alpha value is -2.13. The van der Waals surface area contributed by atoms with Gasteiger partial charge in [0.05, 0.1) is 0 Å². The first-order valence-electron chi connectivity index (χ1n) is 7.45. The van der Waals surface area contributed by atoms with Crippen LogP contribution in [-0.2, 0) is 17.8 Å². The van der Waals surface area contributed by atoms with Crippen molar-refractivity contribution in [2.75, 3.05) is 6.54 Å². The van der Waals surface area contributed by atoms with Gasteiger partial charge < -0.3 is 10.6 Å². The summed E-state index contributed by atoms with van der Waals surface area (Å²) in [5, 5.41) is 6.44. The van der Waals surface area contributed by atoms with Crippen molar-refractivity contribution in [1.82, 2.24) is 10.6 Å². The fourth-order valence-electron chi connectivity index (χ4n) is 2.83. The minimum Gasteiger partial charge on any atom is -0.352 e. The summed E-state index contributed by atoms with van der Waals surface area (Å²) < 4.78 is 0. The van der Waals surface area contributed by atoms with Gasteiger partial charge in [0.1, 0.15) is 0 Å². The van der Waals surface area contributed by atoms with Crippen LogP contribution < -0.4 is 10.6 Å². The van der Waals surface area contributed by atoms with Gasteiger partial charge in [-0.1, -0.05) is 54.6 Å². The highest BCUT2D eigenvalue weighted by molar-refractivity contribution is 5.77. The molecule has 0 bridgehead atoms. The van der Waals surface area contributed by atoms with Crippen LogP contribution in [0.15, 0.2) is 54.6 Å². The highest BCUT2D eigenvalue weighted by Gasteiger charge is 2.21. The Morgan fingerprint density at radius 1 is 1.10 bits per heavy atom. The Labute approximate surface area is 125 Å². The van der Waals surface area contributed by atoms with E-state index in [0.29, 0.717) is 13.0 Å². The van der Waals surface area contributed by atoms with Gasteiger partial charge in [-0.3, -0.25) is 4.79 Å². The van der Waals surface area contributed by atoms with Gasteiger partial charge >= 0.3 is 0 Å². The molecule has 2 aromatic carbocycles. The second kappa shape index (κ2) is 6.55. The summed E-state index contributed by atoms with van der Waals surface area (Å²) in [6, 6.07) is 18.5. The van der Waals surface area contributed by atoms with Crippen LogP contribution in [0.2, 0.25) is 0 Å². The number of rotatable bonds is 4. The molecule has 0 saturated heterocycles. The third kappa shape index (κ3) is 3.50.